The monoisotopic (exact) mass is 233 g/mol. The number of halogens is 1. The Hall–Kier alpha value is -0.890. The second-order valence-corrected chi connectivity index (χ2v) is 5.56. The minimum Gasteiger partial charge on any atom is -0.327 e. The van der Waals surface area contributed by atoms with E-state index in [-0.39, 0.29) is 12.5 Å². The molecule has 0 aliphatic heterocycles. The van der Waals surface area contributed by atoms with E-state index < -0.39 is 5.67 Å². The maximum absolute atomic E-state index is 15.1. The van der Waals surface area contributed by atoms with E-state index in [1.54, 1.807) is 0 Å². The molecule has 2 aliphatic rings. The first-order chi connectivity index (χ1) is 8.25. The maximum Gasteiger partial charge on any atom is 0.151 e. The van der Waals surface area contributed by atoms with Crippen molar-refractivity contribution < 1.29 is 4.39 Å². The molecule has 1 nitrogen and oxygen atoms in total. The van der Waals surface area contributed by atoms with Gasteiger partial charge >= 0.3 is 0 Å². The van der Waals surface area contributed by atoms with Crippen molar-refractivity contribution >= 4 is 0 Å². The highest BCUT2D eigenvalue weighted by molar-refractivity contribution is 5.38. The van der Waals surface area contributed by atoms with Crippen LogP contribution in [0.1, 0.15) is 49.1 Å². The quantitative estimate of drug-likeness (QED) is 0.846. The summed E-state index contributed by atoms with van der Waals surface area (Å²) in [4.78, 5) is 0. The lowest BCUT2D eigenvalue weighted by atomic mass is 9.74. The molecule has 0 amide bonds. The second-order valence-electron chi connectivity index (χ2n) is 5.56. The van der Waals surface area contributed by atoms with Crippen LogP contribution in [0.15, 0.2) is 24.3 Å². The summed E-state index contributed by atoms with van der Waals surface area (Å²) in [6, 6.07) is 8.04. The number of hydrogen-bond donors (Lipinski definition) is 1. The normalized spacial score (nSPS) is 24.1. The summed E-state index contributed by atoms with van der Waals surface area (Å²) in [7, 11) is 0. The summed E-state index contributed by atoms with van der Waals surface area (Å²) in [5, 5.41) is 0. The van der Waals surface area contributed by atoms with Gasteiger partial charge < -0.3 is 5.73 Å². The summed E-state index contributed by atoms with van der Waals surface area (Å²) >= 11 is 0. The Balaban J connectivity index is 2.00. The zero-order valence-electron chi connectivity index (χ0n) is 10.2. The van der Waals surface area contributed by atoms with E-state index >= 15 is 4.39 Å². The van der Waals surface area contributed by atoms with Crippen LogP contribution in [0.25, 0.3) is 0 Å². The van der Waals surface area contributed by atoms with Crippen LogP contribution in [0.4, 0.5) is 4.39 Å². The van der Waals surface area contributed by atoms with Crippen LogP contribution in [-0.4, -0.2) is 6.54 Å². The van der Waals surface area contributed by atoms with Gasteiger partial charge in [-0.25, -0.2) is 4.39 Å². The Kier molecular flexibility index (Phi) is 2.70. The highest BCUT2D eigenvalue weighted by atomic mass is 19.1. The number of alkyl halides is 1. The van der Waals surface area contributed by atoms with Crippen LogP contribution in [0.3, 0.4) is 0 Å². The Morgan fingerprint density at radius 3 is 2.41 bits per heavy atom. The number of benzene rings is 1. The van der Waals surface area contributed by atoms with Gasteiger partial charge in [0.2, 0.25) is 0 Å². The van der Waals surface area contributed by atoms with Crippen molar-refractivity contribution in [1.29, 1.82) is 0 Å². The average Bonchev–Trinajstić information content (AvgIpc) is 3.11. The first-order valence-electron chi connectivity index (χ1n) is 6.74. The molecule has 0 aromatic heterocycles. The van der Waals surface area contributed by atoms with E-state index in [0.717, 1.165) is 18.4 Å². The molecule has 1 aromatic carbocycles. The third-order valence-electron chi connectivity index (χ3n) is 4.48. The van der Waals surface area contributed by atoms with Crippen molar-refractivity contribution in [3.63, 3.8) is 0 Å². The molecule has 92 valence electrons. The predicted octanol–water partition coefficient (Wildman–Crippen LogP) is 3.49. The molecule has 1 atom stereocenters. The molecular formula is C15H20FN. The Bertz CT molecular complexity index is 409. The lowest BCUT2D eigenvalue weighted by Crippen LogP contribution is -2.34. The van der Waals surface area contributed by atoms with Crippen LogP contribution in [0.2, 0.25) is 0 Å². The Labute approximate surface area is 102 Å². The van der Waals surface area contributed by atoms with Crippen LogP contribution >= 0.6 is 0 Å². The van der Waals surface area contributed by atoms with Gasteiger partial charge in [0.05, 0.1) is 0 Å². The van der Waals surface area contributed by atoms with Crippen LogP contribution in [-0.2, 0) is 5.67 Å². The van der Waals surface area contributed by atoms with Gasteiger partial charge in [0.15, 0.2) is 5.67 Å². The van der Waals surface area contributed by atoms with Crippen LogP contribution in [0, 0.1) is 5.92 Å². The molecular weight excluding hydrogens is 213 g/mol. The summed E-state index contributed by atoms with van der Waals surface area (Å²) in [6.45, 7) is 0.126. The second kappa shape index (κ2) is 4.09. The highest BCUT2D eigenvalue weighted by Gasteiger charge is 2.47. The molecule has 0 radical (unpaired) electrons. The molecule has 17 heavy (non-hydrogen) atoms. The number of nitrogens with two attached hydrogens (primary N) is 1. The molecule has 3 rings (SSSR count). The summed E-state index contributed by atoms with van der Waals surface area (Å²) in [6.07, 6.45) is 5.69. The van der Waals surface area contributed by atoms with Gasteiger partial charge in [-0.3, -0.25) is 0 Å². The first-order valence-corrected chi connectivity index (χ1v) is 6.74. The Morgan fingerprint density at radius 2 is 1.88 bits per heavy atom. The molecule has 1 unspecified atom stereocenters. The molecule has 0 heterocycles. The van der Waals surface area contributed by atoms with Crippen molar-refractivity contribution in [1.82, 2.24) is 0 Å². The number of hydrogen-bond acceptors (Lipinski definition) is 1. The van der Waals surface area contributed by atoms with Gasteiger partial charge in [-0.15, -0.1) is 0 Å². The molecule has 2 aliphatic carbocycles. The lowest BCUT2D eigenvalue weighted by molar-refractivity contribution is 0.140. The third kappa shape index (κ3) is 1.79. The fraction of sp³-hybridized carbons (Fsp3) is 0.600. The van der Waals surface area contributed by atoms with Crippen molar-refractivity contribution in [2.24, 2.45) is 11.7 Å². The standard InChI is InChI=1S/C15H20FN/c16-15(10-17,12-8-9-12)14-7-2-1-6-13(14)11-4-3-5-11/h1-2,6-7,11-12H,3-5,8-10,17H2. The van der Waals surface area contributed by atoms with E-state index in [1.165, 1.54) is 24.8 Å². The average molecular weight is 233 g/mol. The molecule has 1 aromatic rings. The minimum absolute atomic E-state index is 0.126. The van der Waals surface area contributed by atoms with Crippen molar-refractivity contribution in [2.45, 2.75) is 43.7 Å². The maximum atomic E-state index is 15.1. The fourth-order valence-corrected chi connectivity index (χ4v) is 2.99. The predicted molar refractivity (Wildman–Crippen MR) is 67.6 cm³/mol. The molecule has 2 fully saturated rings. The molecule has 0 spiro atoms. The molecule has 0 saturated heterocycles. The third-order valence-corrected chi connectivity index (χ3v) is 4.48. The van der Waals surface area contributed by atoms with Crippen molar-refractivity contribution in [2.75, 3.05) is 6.54 Å². The van der Waals surface area contributed by atoms with Gasteiger partial charge in [0.1, 0.15) is 0 Å². The number of rotatable bonds is 4. The first kappa shape index (κ1) is 11.2. The van der Waals surface area contributed by atoms with Crippen LogP contribution in [0.5, 0.6) is 0 Å². The van der Waals surface area contributed by atoms with Gasteiger partial charge in [0.25, 0.3) is 0 Å². The fourth-order valence-electron chi connectivity index (χ4n) is 2.99. The molecule has 2 heteroatoms. The molecule has 0 bridgehead atoms. The van der Waals surface area contributed by atoms with E-state index in [4.69, 9.17) is 5.73 Å². The van der Waals surface area contributed by atoms with Gasteiger partial charge in [-0.05, 0) is 48.6 Å². The van der Waals surface area contributed by atoms with Crippen LogP contribution < -0.4 is 5.73 Å². The minimum atomic E-state index is -1.27. The largest absolute Gasteiger partial charge is 0.327 e. The Morgan fingerprint density at radius 1 is 1.18 bits per heavy atom. The summed E-state index contributed by atoms with van der Waals surface area (Å²) in [5.41, 5.74) is 6.57. The van der Waals surface area contributed by atoms with Gasteiger partial charge in [-0.1, -0.05) is 30.7 Å². The highest BCUT2D eigenvalue weighted by Crippen LogP contribution is 2.51. The van der Waals surface area contributed by atoms with Crippen molar-refractivity contribution in [3.05, 3.63) is 35.4 Å². The van der Waals surface area contributed by atoms with E-state index in [1.807, 2.05) is 18.2 Å². The van der Waals surface area contributed by atoms with Crippen molar-refractivity contribution in [3.8, 4) is 0 Å². The van der Waals surface area contributed by atoms with Gasteiger partial charge in [-0.2, -0.15) is 0 Å². The zero-order valence-corrected chi connectivity index (χ0v) is 10.2. The SMILES string of the molecule is NCC(F)(c1ccccc1C1CCC1)C1CC1. The smallest absolute Gasteiger partial charge is 0.151 e. The van der Waals surface area contributed by atoms with E-state index in [2.05, 4.69) is 6.07 Å². The topological polar surface area (TPSA) is 26.0 Å². The zero-order chi connectivity index (χ0) is 11.9. The lowest BCUT2D eigenvalue weighted by Gasteiger charge is -2.33. The van der Waals surface area contributed by atoms with Gasteiger partial charge in [0, 0.05) is 6.54 Å². The summed E-state index contributed by atoms with van der Waals surface area (Å²) in [5.74, 6) is 0.736. The van der Waals surface area contributed by atoms with E-state index in [9.17, 15) is 0 Å². The summed E-state index contributed by atoms with van der Waals surface area (Å²) < 4.78 is 15.1. The van der Waals surface area contributed by atoms with E-state index in [0.29, 0.717) is 5.92 Å². The molecule has 2 saturated carbocycles. The molecule has 2 N–H and O–H groups in total.